The van der Waals surface area contributed by atoms with Crippen LogP contribution in [0.3, 0.4) is 0 Å². The number of nitrogens with one attached hydrogen (secondary N) is 14. The predicted molar refractivity (Wildman–Crippen MR) is 479 cm³/mol. The number of unbranched alkanes of at least 4 members (excludes halogenated alkanes) is 3. The number of aryl methyl sites for hydroxylation is 1. The molecular weight excluding hydrogens is 1680 g/mol. The Morgan fingerprint density at radius 2 is 1.19 bits per heavy atom. The van der Waals surface area contributed by atoms with Crippen molar-refractivity contribution in [1.82, 2.24) is 74.1 Å². The van der Waals surface area contributed by atoms with Gasteiger partial charge in [-0.2, -0.15) is 0 Å². The first kappa shape index (κ1) is 104. The molecule has 694 valence electrons. The topological polar surface area (TPSA) is 622 Å². The number of ketones is 1. The molecule has 6 rings (SSSR count). The number of fused-ring (bicyclic) bond motifs is 2. The zero-order valence-electron chi connectivity index (χ0n) is 73.6. The van der Waals surface area contributed by atoms with Gasteiger partial charge in [0.15, 0.2) is 5.78 Å². The van der Waals surface area contributed by atoms with E-state index in [-0.39, 0.29) is 122 Å². The van der Waals surface area contributed by atoms with E-state index in [9.17, 15) is 57.8 Å². The highest BCUT2D eigenvalue weighted by Crippen LogP contribution is 2.47. The number of aromatic nitrogens is 1. The third-order valence-corrected chi connectivity index (χ3v) is 25.6. The summed E-state index contributed by atoms with van der Waals surface area (Å²) in [5.74, 6) is -16.2. The van der Waals surface area contributed by atoms with Crippen molar-refractivity contribution < 1.29 is 91.4 Å². The Morgan fingerprint density at radius 1 is 0.575 bits per heavy atom. The van der Waals surface area contributed by atoms with Gasteiger partial charge in [-0.3, -0.25) is 81.5 Å². The number of rotatable bonds is 44. The SMILES string of the molecule is CC(=O)NCCCC[C@H](NC(=O)[C@](C)(CCCCN)NC(=O)[C@H](Cc1ccc2ccccc2c1)NC(=O)[C@H](Cc1ccc(OCCN)cc1)NC(=O)[C@H]1NC(=O)[C@H](CCCCNC(C)=O)NC(=O)[C@H](Cc2c[nH]c3c(C)cccc23)NC(=O)[C@H]([C@@H](C)O)NC(=O)[C@H](CC(N)=O)NC(=O)[C@@H](NC(C)=O)C(C)(C)SSC1(C)C)C(=O)C[C@@H](CC(N)=O)C(=O)NCCC(N)=O. The normalized spacial score (nSPS) is 19.2. The molecule has 1 aromatic heterocycles. The maximum Gasteiger partial charge on any atom is 0.246 e. The second-order valence-electron chi connectivity index (χ2n) is 33.1. The molecule has 5 aromatic rings. The molecule has 0 unspecified atom stereocenters. The Kier molecular flexibility index (Phi) is 40.9. The number of ether oxygens (including phenoxy) is 1. The third-order valence-electron chi connectivity index (χ3n) is 21.3. The lowest BCUT2D eigenvalue weighted by molar-refractivity contribution is -0.138. The molecule has 1 aliphatic rings. The number of para-hydroxylation sites is 1. The molecule has 25 N–H and O–H groups in total. The number of primary amides is 3. The summed E-state index contributed by atoms with van der Waals surface area (Å²) in [6.45, 7) is 14.7. The number of carbonyl (C=O) groups excluding carboxylic acids is 17. The number of nitrogens with two attached hydrogens (primary N) is 5. The highest BCUT2D eigenvalue weighted by Gasteiger charge is 2.47. The average molecular weight is 1810 g/mol. The van der Waals surface area contributed by atoms with Crippen LogP contribution in [0.25, 0.3) is 21.7 Å². The van der Waals surface area contributed by atoms with Gasteiger partial charge in [0.25, 0.3) is 0 Å². The molecule has 0 radical (unpaired) electrons. The van der Waals surface area contributed by atoms with E-state index in [0.29, 0.717) is 46.2 Å². The molecule has 0 aliphatic carbocycles. The molecule has 38 nitrogen and oxygen atoms in total. The van der Waals surface area contributed by atoms with Crippen LogP contribution in [0.15, 0.2) is 91.1 Å². The third kappa shape index (κ3) is 33.5. The second kappa shape index (κ2) is 50.0. The van der Waals surface area contributed by atoms with Crippen molar-refractivity contribution in [2.24, 2.45) is 34.6 Å². The van der Waals surface area contributed by atoms with E-state index in [1.54, 1.807) is 66.9 Å². The van der Waals surface area contributed by atoms with E-state index in [1.807, 2.05) is 31.2 Å². The Labute approximate surface area is 745 Å². The summed E-state index contributed by atoms with van der Waals surface area (Å²) in [7, 11) is 1.82. The molecule has 1 saturated heterocycles. The number of aromatic amines is 1. The summed E-state index contributed by atoms with van der Waals surface area (Å²) >= 11 is 0. The van der Waals surface area contributed by atoms with Gasteiger partial charge in [0.2, 0.25) is 94.5 Å². The summed E-state index contributed by atoms with van der Waals surface area (Å²) in [6, 6.07) is 8.99. The number of benzene rings is 4. The number of carbonyl (C=O) groups is 17. The fourth-order valence-electron chi connectivity index (χ4n) is 14.3. The van der Waals surface area contributed by atoms with Crippen LogP contribution in [0.5, 0.6) is 5.75 Å². The maximum atomic E-state index is 16.3. The minimum Gasteiger partial charge on any atom is -0.492 e. The standard InChI is InChI=1S/C87H125N19O19S2/c1-48-20-19-23-60-58(47-96-71(48)60)43-65-78(118)98-62(25-14-18-37-94-51(4)109)76(116)105-74(86(8,9)127-126-85(6,7)73(97-52(5)110)82(122)102-66(46-70(92)114)79(119)104-72(49(2)107)81(121)100-65)83(123)101-63(41-53-27-30-59(31-28-53)125-39-35-89)77(117)99-64(42-54-26-29-55-21-11-12-22-56(55)40-54)80(120)106-87(10,33-15-16-34-88)84(124)103-61(24-13-17-36-93-50(3)108)67(111)44-57(45-69(91)113)75(115)95-38-32-68(90)112/h11-12,19-23,26-31,40,47,49,57,61-66,72-74,96,107H,13-18,24-25,32-39,41-46,88-89H2,1-10H3,(H2,90,112)(H2,91,113)(H2,92,114)(H,93,108)(H,94,109)(H,95,115)(H,97,110)(H,98,118)(H,99,117)(H,100,121)(H,101,123)(H,102,122)(H,103,124)(H,104,119)(H,105,116)(H,106,120)/t49-,57+,61+,62+,63+,64+,65+,66+,72+,73-,74-,87+/m1/s1. The van der Waals surface area contributed by atoms with Crippen molar-refractivity contribution in [2.75, 3.05) is 39.3 Å². The van der Waals surface area contributed by atoms with Crippen molar-refractivity contribution in [2.45, 2.75) is 247 Å². The van der Waals surface area contributed by atoms with Crippen molar-refractivity contribution in [3.8, 4) is 5.75 Å². The minimum atomic E-state index is -1.98. The van der Waals surface area contributed by atoms with E-state index in [0.717, 1.165) is 51.8 Å². The Morgan fingerprint density at radius 3 is 1.82 bits per heavy atom. The highest BCUT2D eigenvalue weighted by atomic mass is 33.1. The fraction of sp³-hybridized carbons (Fsp3) is 0.529. The van der Waals surface area contributed by atoms with Crippen molar-refractivity contribution >= 4 is 144 Å². The average Bonchev–Trinajstić information content (AvgIpc) is 1.60. The molecule has 0 bridgehead atoms. The van der Waals surface area contributed by atoms with Crippen LogP contribution in [0, 0.1) is 12.8 Å². The van der Waals surface area contributed by atoms with Gasteiger partial charge in [-0.05, 0) is 158 Å². The summed E-state index contributed by atoms with van der Waals surface area (Å²) in [5.41, 5.74) is 29.2. The van der Waals surface area contributed by atoms with Gasteiger partial charge in [0.1, 0.15) is 66.2 Å². The number of hydrogen-bond acceptors (Lipinski definition) is 23. The molecule has 0 saturated carbocycles. The molecule has 4 aromatic carbocycles. The summed E-state index contributed by atoms with van der Waals surface area (Å²) < 4.78 is 2.59. The van der Waals surface area contributed by atoms with Gasteiger partial charge in [0, 0.05) is 112 Å². The van der Waals surface area contributed by atoms with E-state index < -0.39 is 189 Å². The van der Waals surface area contributed by atoms with Crippen molar-refractivity contribution in [3.05, 3.63) is 113 Å². The van der Waals surface area contributed by atoms with Crippen molar-refractivity contribution in [3.63, 3.8) is 0 Å². The number of amides is 16. The second-order valence-corrected chi connectivity index (χ2v) is 36.6. The highest BCUT2D eigenvalue weighted by molar-refractivity contribution is 8.77. The van der Waals surface area contributed by atoms with Gasteiger partial charge in [-0.25, -0.2) is 0 Å². The smallest absolute Gasteiger partial charge is 0.246 e. The molecule has 2 heterocycles. The summed E-state index contributed by atoms with van der Waals surface area (Å²) in [5, 5.41) is 48.5. The predicted octanol–water partition coefficient (Wildman–Crippen LogP) is -0.354. The van der Waals surface area contributed by atoms with Gasteiger partial charge in [-0.15, -0.1) is 0 Å². The first-order valence-corrected chi connectivity index (χ1v) is 44.5. The van der Waals surface area contributed by atoms with Gasteiger partial charge in [0.05, 0.1) is 24.5 Å². The lowest BCUT2D eigenvalue weighted by atomic mass is 9.89. The Bertz CT molecular complexity index is 4740. The number of hydrogen-bond donors (Lipinski definition) is 20. The van der Waals surface area contributed by atoms with E-state index in [4.69, 9.17) is 33.4 Å². The van der Waals surface area contributed by atoms with E-state index in [2.05, 4.69) is 74.1 Å². The van der Waals surface area contributed by atoms with Crippen LogP contribution >= 0.6 is 21.6 Å². The van der Waals surface area contributed by atoms with Crippen LogP contribution in [0.1, 0.15) is 168 Å². The van der Waals surface area contributed by atoms with Crippen LogP contribution < -0.4 is 103 Å². The molecule has 1 fully saturated rings. The molecule has 1 aliphatic heterocycles. The number of aliphatic hydroxyl groups is 1. The fourth-order valence-corrected chi connectivity index (χ4v) is 17.1. The lowest BCUT2D eigenvalue weighted by Crippen LogP contribution is -2.65. The first-order chi connectivity index (χ1) is 59.9. The van der Waals surface area contributed by atoms with Gasteiger partial charge < -0.3 is 113 Å². The van der Waals surface area contributed by atoms with E-state index in [1.165, 1.54) is 48.5 Å². The Balaban J connectivity index is 1.54. The zero-order chi connectivity index (χ0) is 94.0. The van der Waals surface area contributed by atoms with Gasteiger partial charge >= 0.3 is 0 Å². The van der Waals surface area contributed by atoms with E-state index >= 15 is 28.8 Å². The number of aliphatic hydroxyl groups excluding tert-OH is 1. The molecule has 0 spiro atoms. The van der Waals surface area contributed by atoms with Crippen LogP contribution in [-0.2, 0) is 101 Å². The van der Waals surface area contributed by atoms with Crippen LogP contribution in [-0.4, -0.2) is 225 Å². The van der Waals surface area contributed by atoms with Crippen LogP contribution in [0.2, 0.25) is 0 Å². The monoisotopic (exact) mass is 1800 g/mol. The minimum absolute atomic E-state index is 0.0851. The molecule has 127 heavy (non-hydrogen) atoms. The number of H-pyrrole nitrogens is 1. The number of Topliss-reactive ketones (excluding diaryl/α,β-unsaturated/α-hetero) is 1. The van der Waals surface area contributed by atoms with Gasteiger partial charge in [-0.1, -0.05) is 94.4 Å². The maximum absolute atomic E-state index is 16.3. The molecule has 12 atom stereocenters. The quantitative estimate of drug-likeness (QED) is 0.0175. The molecule has 16 amide bonds. The first-order valence-electron chi connectivity index (χ1n) is 42.3. The largest absolute Gasteiger partial charge is 0.492 e. The summed E-state index contributed by atoms with van der Waals surface area (Å²) in [4.78, 5) is 245. The molecule has 40 heteroatoms. The summed E-state index contributed by atoms with van der Waals surface area (Å²) in [6.07, 6.45) is -2.59. The Hall–Kier alpha value is -11.7. The molecular formula is C87H125N19O19S2. The van der Waals surface area contributed by atoms with Crippen molar-refractivity contribution in [1.29, 1.82) is 0 Å². The zero-order valence-corrected chi connectivity index (χ0v) is 75.2. The lowest BCUT2D eigenvalue weighted by Gasteiger charge is -2.39. The van der Waals surface area contributed by atoms with Crippen LogP contribution in [0.4, 0.5) is 0 Å².